The first-order valence-corrected chi connectivity index (χ1v) is 12.5. The number of hydrogen-bond acceptors (Lipinski definition) is 5. The summed E-state index contributed by atoms with van der Waals surface area (Å²) in [6.45, 7) is 0.403. The van der Waals surface area contributed by atoms with Gasteiger partial charge < -0.3 is 9.47 Å². The normalized spacial score (nSPS) is 14.7. The summed E-state index contributed by atoms with van der Waals surface area (Å²) in [6.07, 6.45) is 1.67. The molecule has 0 spiro atoms. The highest BCUT2D eigenvalue weighted by molar-refractivity contribution is 9.10. The van der Waals surface area contributed by atoms with Crippen molar-refractivity contribution in [1.82, 2.24) is 4.90 Å². The van der Waals surface area contributed by atoms with Gasteiger partial charge in [-0.2, -0.15) is 0 Å². The molecule has 0 unspecified atom stereocenters. The molecule has 0 atom stereocenters. The number of methoxy groups -OCH3 is 1. The minimum atomic E-state index is -0.336. The number of nitrogens with zero attached hydrogens (tertiary/aromatic N) is 1. The quantitative estimate of drug-likeness (QED) is 0.270. The van der Waals surface area contributed by atoms with Gasteiger partial charge in [0.2, 0.25) is 0 Å². The first kappa shape index (κ1) is 24.7. The molecule has 1 fully saturated rings. The number of halogens is 3. The van der Waals surface area contributed by atoms with Gasteiger partial charge in [-0.1, -0.05) is 69.5 Å². The van der Waals surface area contributed by atoms with Crippen molar-refractivity contribution in [2.45, 2.75) is 13.2 Å². The lowest BCUT2D eigenvalue weighted by Gasteiger charge is -2.13. The topological polar surface area (TPSA) is 55.8 Å². The van der Waals surface area contributed by atoms with Crippen molar-refractivity contribution in [2.24, 2.45) is 0 Å². The van der Waals surface area contributed by atoms with Crippen LogP contribution in [0, 0.1) is 0 Å². The highest BCUT2D eigenvalue weighted by Gasteiger charge is 2.35. The number of benzene rings is 3. The van der Waals surface area contributed by atoms with E-state index in [4.69, 9.17) is 32.7 Å². The van der Waals surface area contributed by atoms with Gasteiger partial charge in [0.1, 0.15) is 6.61 Å². The molecule has 0 radical (unpaired) electrons. The predicted octanol–water partition coefficient (Wildman–Crippen LogP) is 7.58. The van der Waals surface area contributed by atoms with Gasteiger partial charge in [0, 0.05) is 20.1 Å². The third kappa shape index (κ3) is 5.61. The average Bonchev–Trinajstić information content (AvgIpc) is 3.07. The Morgan fingerprint density at radius 3 is 2.53 bits per heavy atom. The number of carbonyl (C=O) groups is 2. The molecule has 3 aromatic rings. The maximum Gasteiger partial charge on any atom is 0.293 e. The summed E-state index contributed by atoms with van der Waals surface area (Å²) in [7, 11) is 1.55. The van der Waals surface area contributed by atoms with Gasteiger partial charge in [-0.3, -0.25) is 14.5 Å². The van der Waals surface area contributed by atoms with E-state index in [-0.39, 0.29) is 24.3 Å². The number of amides is 2. The third-order valence-corrected chi connectivity index (χ3v) is 7.31. The molecule has 0 bridgehead atoms. The molecule has 0 aromatic heterocycles. The van der Waals surface area contributed by atoms with Crippen LogP contribution < -0.4 is 9.47 Å². The second-order valence-corrected chi connectivity index (χ2v) is 9.99. The molecule has 1 aliphatic rings. The van der Waals surface area contributed by atoms with Gasteiger partial charge >= 0.3 is 0 Å². The zero-order chi connectivity index (χ0) is 24.2. The monoisotopic (exact) mass is 577 g/mol. The molecule has 1 heterocycles. The average molecular weight is 579 g/mol. The summed E-state index contributed by atoms with van der Waals surface area (Å²) in [5, 5.41) is 0.734. The second-order valence-electron chi connectivity index (χ2n) is 7.29. The van der Waals surface area contributed by atoms with Crippen LogP contribution in [0.2, 0.25) is 10.0 Å². The van der Waals surface area contributed by atoms with E-state index >= 15 is 0 Å². The zero-order valence-corrected chi connectivity index (χ0v) is 21.8. The van der Waals surface area contributed by atoms with E-state index in [1.165, 1.54) is 4.90 Å². The highest BCUT2D eigenvalue weighted by atomic mass is 79.9. The van der Waals surface area contributed by atoms with Crippen LogP contribution in [0.3, 0.4) is 0 Å². The number of rotatable bonds is 7. The molecule has 1 saturated heterocycles. The lowest BCUT2D eigenvalue weighted by atomic mass is 10.1. The Balaban J connectivity index is 1.53. The summed E-state index contributed by atoms with van der Waals surface area (Å²) in [5.74, 6) is 0.677. The Bertz CT molecular complexity index is 1300. The molecule has 0 saturated carbocycles. The van der Waals surface area contributed by atoms with E-state index in [2.05, 4.69) is 15.9 Å². The van der Waals surface area contributed by atoms with Crippen molar-refractivity contribution < 1.29 is 19.1 Å². The molecule has 5 nitrogen and oxygen atoms in total. The van der Waals surface area contributed by atoms with Crippen LogP contribution in [0.1, 0.15) is 16.7 Å². The van der Waals surface area contributed by atoms with Gasteiger partial charge in [0.25, 0.3) is 11.1 Å². The fourth-order valence-electron chi connectivity index (χ4n) is 3.27. The van der Waals surface area contributed by atoms with Crippen LogP contribution in [0.5, 0.6) is 11.5 Å². The lowest BCUT2D eigenvalue weighted by molar-refractivity contribution is -0.123. The van der Waals surface area contributed by atoms with Crippen LogP contribution in [-0.2, 0) is 17.9 Å². The highest BCUT2D eigenvalue weighted by Crippen LogP contribution is 2.36. The van der Waals surface area contributed by atoms with Crippen LogP contribution in [0.25, 0.3) is 6.08 Å². The molecular weight excluding hydrogens is 561 g/mol. The van der Waals surface area contributed by atoms with Gasteiger partial charge in [0.15, 0.2) is 11.5 Å². The SMILES string of the molecule is COc1ccc(/C=C2\SC(=O)N(Cc3ccccc3Br)C2=O)cc1OCc1ccc(Cl)cc1Cl. The minimum Gasteiger partial charge on any atom is -0.493 e. The maximum absolute atomic E-state index is 12.9. The zero-order valence-electron chi connectivity index (χ0n) is 17.9. The van der Waals surface area contributed by atoms with Crippen LogP contribution in [-0.4, -0.2) is 23.2 Å². The van der Waals surface area contributed by atoms with E-state index in [1.807, 2.05) is 24.3 Å². The summed E-state index contributed by atoms with van der Waals surface area (Å²) in [6, 6.07) is 18.0. The molecule has 0 N–H and O–H groups in total. The number of carbonyl (C=O) groups excluding carboxylic acids is 2. The standard InChI is InChI=1S/C25H18BrCl2NO4S/c1-32-21-9-6-15(10-22(21)33-14-17-7-8-18(27)12-20(17)28)11-23-24(30)29(25(31)34-23)13-16-4-2-3-5-19(16)26/h2-12H,13-14H2,1H3/b23-11-. The molecule has 174 valence electrons. The Kier molecular flexibility index (Phi) is 7.88. The first-order chi connectivity index (χ1) is 16.4. The summed E-state index contributed by atoms with van der Waals surface area (Å²) < 4.78 is 12.2. The fourth-order valence-corrected chi connectivity index (χ4v) is 4.99. The predicted molar refractivity (Wildman–Crippen MR) is 139 cm³/mol. The van der Waals surface area contributed by atoms with Crippen LogP contribution in [0.4, 0.5) is 4.79 Å². The second kappa shape index (κ2) is 10.9. The van der Waals surface area contributed by atoms with Crippen molar-refractivity contribution in [3.8, 4) is 11.5 Å². The van der Waals surface area contributed by atoms with E-state index in [0.29, 0.717) is 32.0 Å². The van der Waals surface area contributed by atoms with Crippen molar-refractivity contribution in [3.05, 3.63) is 96.8 Å². The first-order valence-electron chi connectivity index (χ1n) is 10.1. The molecule has 9 heteroatoms. The maximum atomic E-state index is 12.9. The van der Waals surface area contributed by atoms with E-state index in [0.717, 1.165) is 27.4 Å². The third-order valence-electron chi connectivity index (χ3n) is 5.04. The summed E-state index contributed by atoms with van der Waals surface area (Å²) in [5.41, 5.74) is 2.32. The van der Waals surface area contributed by atoms with Gasteiger partial charge in [0.05, 0.1) is 18.6 Å². The molecule has 3 aromatic carbocycles. The molecule has 4 rings (SSSR count). The molecule has 2 amide bonds. The lowest BCUT2D eigenvalue weighted by Crippen LogP contribution is -2.27. The molecule has 1 aliphatic heterocycles. The van der Waals surface area contributed by atoms with Crippen LogP contribution in [0.15, 0.2) is 70.0 Å². The molecule has 34 heavy (non-hydrogen) atoms. The van der Waals surface area contributed by atoms with Crippen molar-refractivity contribution in [3.63, 3.8) is 0 Å². The van der Waals surface area contributed by atoms with Crippen molar-refractivity contribution in [2.75, 3.05) is 7.11 Å². The Labute approximate surface area is 219 Å². The molecule has 0 aliphatic carbocycles. The number of ether oxygens (including phenoxy) is 2. The summed E-state index contributed by atoms with van der Waals surface area (Å²) in [4.78, 5) is 27.0. The fraction of sp³-hybridized carbons (Fsp3) is 0.120. The molecular formula is C25H18BrCl2NO4S. The number of imide groups is 1. The van der Waals surface area contributed by atoms with Gasteiger partial charge in [-0.25, -0.2) is 0 Å². The Hall–Kier alpha value is -2.45. The van der Waals surface area contributed by atoms with Crippen molar-refractivity contribution in [1.29, 1.82) is 0 Å². The van der Waals surface area contributed by atoms with E-state index in [9.17, 15) is 9.59 Å². The van der Waals surface area contributed by atoms with Crippen molar-refractivity contribution >= 4 is 68.1 Å². The Morgan fingerprint density at radius 2 is 1.79 bits per heavy atom. The smallest absolute Gasteiger partial charge is 0.293 e. The minimum absolute atomic E-state index is 0.197. The van der Waals surface area contributed by atoms with E-state index < -0.39 is 0 Å². The van der Waals surface area contributed by atoms with Gasteiger partial charge in [-0.05, 0) is 59.3 Å². The Morgan fingerprint density at radius 1 is 1.00 bits per heavy atom. The van der Waals surface area contributed by atoms with Crippen LogP contribution >= 0.6 is 50.9 Å². The number of hydrogen-bond donors (Lipinski definition) is 0. The largest absolute Gasteiger partial charge is 0.493 e. The number of thioether (sulfide) groups is 1. The van der Waals surface area contributed by atoms with E-state index in [1.54, 1.807) is 49.6 Å². The van der Waals surface area contributed by atoms with Gasteiger partial charge in [-0.15, -0.1) is 0 Å². The summed E-state index contributed by atoms with van der Waals surface area (Å²) >= 11 is 16.6.